The van der Waals surface area contributed by atoms with Gasteiger partial charge in [-0.05, 0) is 37.1 Å². The highest BCUT2D eigenvalue weighted by molar-refractivity contribution is 6.30. The van der Waals surface area contributed by atoms with Crippen LogP contribution in [-0.2, 0) is 12.0 Å². The second-order valence-electron chi connectivity index (χ2n) is 7.08. The number of carbonyl (C=O) groups excluding carboxylic acids is 1. The van der Waals surface area contributed by atoms with Gasteiger partial charge in [0.2, 0.25) is 0 Å². The van der Waals surface area contributed by atoms with E-state index in [2.05, 4.69) is 15.3 Å². The fourth-order valence-corrected chi connectivity index (χ4v) is 3.76. The average Bonchev–Trinajstić information content (AvgIpc) is 2.66. The molecule has 27 heavy (non-hydrogen) atoms. The second-order valence-corrected chi connectivity index (χ2v) is 7.44. The van der Waals surface area contributed by atoms with Gasteiger partial charge in [0.25, 0.3) is 5.91 Å². The van der Waals surface area contributed by atoms with E-state index in [1.165, 1.54) is 6.42 Å². The summed E-state index contributed by atoms with van der Waals surface area (Å²) in [7, 11) is 0. The number of nitrogens with one attached hydrogen (secondary N) is 1. The topological polar surface area (TPSA) is 80.9 Å². The molecule has 1 aliphatic carbocycles. The lowest BCUT2D eigenvalue weighted by Crippen LogP contribution is -2.42. The van der Waals surface area contributed by atoms with Crippen LogP contribution in [0.3, 0.4) is 0 Å². The molecule has 138 valence electrons. The molecule has 0 saturated heterocycles. The Kier molecular flexibility index (Phi) is 4.81. The minimum Gasteiger partial charge on any atom is -0.348 e. The van der Waals surface area contributed by atoms with E-state index in [1.807, 2.05) is 42.5 Å². The molecule has 0 bridgehead atoms. The van der Waals surface area contributed by atoms with Gasteiger partial charge >= 0.3 is 0 Å². The molecule has 2 heterocycles. The number of nitrogens with zero attached hydrogens (tertiary/aromatic N) is 2. The van der Waals surface area contributed by atoms with Crippen molar-refractivity contribution in [1.29, 1.82) is 0 Å². The summed E-state index contributed by atoms with van der Waals surface area (Å²) in [5.74, 6) is -0.186. The standard InChI is InChI=1S/C21H21ClN4O/c22-19-16(10-14-4-1-2-5-17(14)26-19)12-25-20(27)15-6-7-18(24-11-15)21(13-23)8-3-9-21/h1-2,4-7,10-11H,3,8-9,12-13,23H2,(H,25,27). The van der Waals surface area contributed by atoms with Crippen molar-refractivity contribution < 1.29 is 4.79 Å². The molecule has 0 atom stereocenters. The van der Waals surface area contributed by atoms with Crippen molar-refractivity contribution in [2.45, 2.75) is 31.2 Å². The van der Waals surface area contributed by atoms with E-state index in [0.29, 0.717) is 23.8 Å². The molecule has 0 aliphatic heterocycles. The van der Waals surface area contributed by atoms with Gasteiger partial charge in [-0.25, -0.2) is 4.98 Å². The summed E-state index contributed by atoms with van der Waals surface area (Å²) in [6.07, 6.45) is 4.94. The van der Waals surface area contributed by atoms with Crippen LogP contribution in [0.1, 0.15) is 40.9 Å². The van der Waals surface area contributed by atoms with E-state index >= 15 is 0 Å². The molecular formula is C21H21ClN4O. The highest BCUT2D eigenvalue weighted by Gasteiger charge is 2.38. The van der Waals surface area contributed by atoms with Crippen molar-refractivity contribution in [3.05, 3.63) is 70.6 Å². The molecule has 1 saturated carbocycles. The number of hydrogen-bond donors (Lipinski definition) is 2. The Balaban J connectivity index is 1.46. The van der Waals surface area contributed by atoms with Gasteiger partial charge in [0.1, 0.15) is 5.15 Å². The molecule has 4 rings (SSSR count). The molecule has 5 nitrogen and oxygen atoms in total. The van der Waals surface area contributed by atoms with Crippen molar-refractivity contribution in [3.63, 3.8) is 0 Å². The highest BCUT2D eigenvalue weighted by Crippen LogP contribution is 2.41. The fraction of sp³-hybridized carbons (Fsp3) is 0.286. The van der Waals surface area contributed by atoms with Crippen molar-refractivity contribution in [2.75, 3.05) is 6.54 Å². The molecule has 1 aromatic carbocycles. The van der Waals surface area contributed by atoms with Gasteiger partial charge in [-0.15, -0.1) is 0 Å². The van der Waals surface area contributed by atoms with Gasteiger partial charge < -0.3 is 11.1 Å². The summed E-state index contributed by atoms with van der Waals surface area (Å²) < 4.78 is 0. The van der Waals surface area contributed by atoms with E-state index in [1.54, 1.807) is 6.20 Å². The first-order valence-corrected chi connectivity index (χ1v) is 9.48. The number of para-hydroxylation sites is 1. The van der Waals surface area contributed by atoms with Crippen LogP contribution in [0.5, 0.6) is 0 Å². The quantitative estimate of drug-likeness (QED) is 0.663. The Morgan fingerprint density at radius 1 is 1.22 bits per heavy atom. The molecular weight excluding hydrogens is 360 g/mol. The molecule has 0 spiro atoms. The van der Waals surface area contributed by atoms with Gasteiger partial charge in [-0.3, -0.25) is 9.78 Å². The molecule has 1 aliphatic rings. The van der Waals surface area contributed by atoms with Crippen LogP contribution in [-0.4, -0.2) is 22.4 Å². The van der Waals surface area contributed by atoms with Gasteiger partial charge in [-0.2, -0.15) is 0 Å². The average molecular weight is 381 g/mol. The Hall–Kier alpha value is -2.50. The number of amides is 1. The first-order chi connectivity index (χ1) is 13.1. The van der Waals surface area contributed by atoms with Crippen LogP contribution < -0.4 is 11.1 Å². The van der Waals surface area contributed by atoms with Crippen molar-refractivity contribution in [2.24, 2.45) is 5.73 Å². The minimum absolute atomic E-state index is 0.000699. The maximum atomic E-state index is 12.5. The number of pyridine rings is 2. The summed E-state index contributed by atoms with van der Waals surface area (Å²) in [5, 5.41) is 4.28. The second kappa shape index (κ2) is 7.25. The Labute approximate surface area is 163 Å². The zero-order chi connectivity index (χ0) is 18.9. The van der Waals surface area contributed by atoms with Crippen LogP contribution >= 0.6 is 11.6 Å². The van der Waals surface area contributed by atoms with E-state index in [9.17, 15) is 4.79 Å². The number of benzene rings is 1. The number of hydrogen-bond acceptors (Lipinski definition) is 4. The molecule has 3 N–H and O–H groups in total. The maximum absolute atomic E-state index is 12.5. The van der Waals surface area contributed by atoms with Crippen LogP contribution in [0.15, 0.2) is 48.7 Å². The molecule has 6 heteroatoms. The van der Waals surface area contributed by atoms with E-state index in [0.717, 1.165) is 35.0 Å². The SMILES string of the molecule is NCC1(c2ccc(C(=O)NCc3cc4ccccc4nc3Cl)cn2)CCC1. The molecule has 0 unspecified atom stereocenters. The Bertz CT molecular complexity index is 978. The number of rotatable bonds is 5. The minimum atomic E-state index is -0.186. The molecule has 1 fully saturated rings. The lowest BCUT2D eigenvalue weighted by molar-refractivity contribution is 0.0950. The Morgan fingerprint density at radius 3 is 2.70 bits per heavy atom. The largest absolute Gasteiger partial charge is 0.348 e. The number of aromatic nitrogens is 2. The number of fused-ring (bicyclic) bond motifs is 1. The van der Waals surface area contributed by atoms with Gasteiger partial charge in [0.05, 0.1) is 11.1 Å². The van der Waals surface area contributed by atoms with E-state index in [4.69, 9.17) is 17.3 Å². The third kappa shape index (κ3) is 3.40. The third-order valence-electron chi connectivity index (χ3n) is 5.46. The summed E-state index contributed by atoms with van der Waals surface area (Å²) in [6.45, 7) is 0.906. The lowest BCUT2D eigenvalue weighted by atomic mass is 9.66. The predicted molar refractivity (Wildman–Crippen MR) is 107 cm³/mol. The van der Waals surface area contributed by atoms with Crippen molar-refractivity contribution in [3.8, 4) is 0 Å². The summed E-state index contributed by atoms with van der Waals surface area (Å²) in [6, 6.07) is 13.4. The van der Waals surface area contributed by atoms with Gasteiger partial charge in [0.15, 0.2) is 0 Å². The number of carbonyl (C=O) groups is 1. The number of nitrogens with two attached hydrogens (primary N) is 1. The first kappa shape index (κ1) is 17.9. The number of halogens is 1. The van der Waals surface area contributed by atoms with E-state index < -0.39 is 0 Å². The summed E-state index contributed by atoms with van der Waals surface area (Å²) in [4.78, 5) is 21.3. The van der Waals surface area contributed by atoms with Crippen LogP contribution in [0.2, 0.25) is 5.15 Å². The molecule has 1 amide bonds. The van der Waals surface area contributed by atoms with Gasteiger partial charge in [-0.1, -0.05) is 36.2 Å². The summed E-state index contributed by atoms with van der Waals surface area (Å²) >= 11 is 6.26. The molecule has 2 aromatic heterocycles. The zero-order valence-corrected chi connectivity index (χ0v) is 15.7. The Morgan fingerprint density at radius 2 is 2.04 bits per heavy atom. The lowest BCUT2D eigenvalue weighted by Gasteiger charge is -2.40. The van der Waals surface area contributed by atoms with Crippen LogP contribution in [0.4, 0.5) is 0 Å². The zero-order valence-electron chi connectivity index (χ0n) is 14.9. The van der Waals surface area contributed by atoms with Crippen LogP contribution in [0, 0.1) is 0 Å². The van der Waals surface area contributed by atoms with Crippen LogP contribution in [0.25, 0.3) is 10.9 Å². The third-order valence-corrected chi connectivity index (χ3v) is 5.79. The van der Waals surface area contributed by atoms with E-state index in [-0.39, 0.29) is 11.3 Å². The molecule has 3 aromatic rings. The maximum Gasteiger partial charge on any atom is 0.253 e. The summed E-state index contributed by atoms with van der Waals surface area (Å²) in [5.41, 5.74) is 9.05. The van der Waals surface area contributed by atoms with Crippen molar-refractivity contribution in [1.82, 2.24) is 15.3 Å². The first-order valence-electron chi connectivity index (χ1n) is 9.10. The monoisotopic (exact) mass is 380 g/mol. The predicted octanol–water partition coefficient (Wildman–Crippen LogP) is 3.59. The fourth-order valence-electron chi connectivity index (χ4n) is 3.55. The highest BCUT2D eigenvalue weighted by atomic mass is 35.5. The normalized spacial score (nSPS) is 15.3. The molecule has 0 radical (unpaired) electrons. The van der Waals surface area contributed by atoms with Crippen molar-refractivity contribution >= 4 is 28.4 Å². The van der Waals surface area contributed by atoms with Gasteiger partial charge in [0, 0.05) is 41.3 Å². The smallest absolute Gasteiger partial charge is 0.253 e.